The zero-order chi connectivity index (χ0) is 22.7. The van der Waals surface area contributed by atoms with Crippen molar-refractivity contribution in [1.82, 2.24) is 14.8 Å². The number of carbonyl (C=O) groups excluding carboxylic acids is 2. The normalized spacial score (nSPS) is 11.1. The molecule has 0 saturated heterocycles. The van der Waals surface area contributed by atoms with Crippen molar-refractivity contribution >= 4 is 34.3 Å². The van der Waals surface area contributed by atoms with Gasteiger partial charge in [-0.15, -0.1) is 0 Å². The molecule has 1 aromatic carbocycles. The molecule has 8 nitrogen and oxygen atoms in total. The molecule has 2 aromatic heterocycles. The maximum Gasteiger partial charge on any atom is 0.339 e. The fourth-order valence-corrected chi connectivity index (χ4v) is 3.72. The molecule has 0 bridgehead atoms. The molecule has 0 aliphatic rings. The number of esters is 1. The molecule has 1 amide bonds. The Morgan fingerprint density at radius 3 is 2.48 bits per heavy atom. The number of hydrogen-bond donors (Lipinski definition) is 1. The summed E-state index contributed by atoms with van der Waals surface area (Å²) in [6, 6.07) is 9.66. The summed E-state index contributed by atoms with van der Waals surface area (Å²) >= 11 is 0. The van der Waals surface area contributed by atoms with E-state index in [4.69, 9.17) is 4.74 Å². The van der Waals surface area contributed by atoms with Gasteiger partial charge in [-0.3, -0.25) is 9.48 Å². The van der Waals surface area contributed by atoms with Crippen LogP contribution in [0.15, 0.2) is 30.3 Å². The summed E-state index contributed by atoms with van der Waals surface area (Å²) in [5.74, 6) is -0.977. The average molecular weight is 424 g/mol. The smallest absolute Gasteiger partial charge is 0.339 e. The molecule has 1 N–H and O–H groups in total. The lowest BCUT2D eigenvalue weighted by atomic mass is 10.1. The van der Waals surface area contributed by atoms with E-state index in [1.165, 1.54) is 0 Å². The molecule has 164 valence electrons. The molecular weight excluding hydrogens is 394 g/mol. The number of aromatic nitrogens is 3. The minimum Gasteiger partial charge on any atom is -0.452 e. The topological polar surface area (TPSA) is 89.3 Å². The molecule has 0 saturated carbocycles. The highest BCUT2D eigenvalue weighted by Gasteiger charge is 2.19. The fraction of sp³-hybridized carbons (Fsp3) is 0.391. The third-order valence-electron chi connectivity index (χ3n) is 5.10. The van der Waals surface area contributed by atoms with E-state index < -0.39 is 11.9 Å². The number of hydrogen-bond acceptors (Lipinski definition) is 6. The number of amides is 1. The van der Waals surface area contributed by atoms with Crippen LogP contribution in [0, 0.1) is 13.8 Å². The van der Waals surface area contributed by atoms with Gasteiger partial charge in [0.2, 0.25) is 0 Å². The first-order valence-electron chi connectivity index (χ1n) is 10.4. The van der Waals surface area contributed by atoms with Crippen molar-refractivity contribution < 1.29 is 14.3 Å². The summed E-state index contributed by atoms with van der Waals surface area (Å²) in [5.41, 5.74) is 4.06. The van der Waals surface area contributed by atoms with Crippen LogP contribution >= 0.6 is 0 Å². The molecule has 0 radical (unpaired) electrons. The van der Waals surface area contributed by atoms with E-state index in [0.717, 1.165) is 12.2 Å². The first kappa shape index (κ1) is 22.3. The van der Waals surface area contributed by atoms with Gasteiger partial charge in [0, 0.05) is 36.7 Å². The van der Waals surface area contributed by atoms with E-state index in [9.17, 15) is 9.59 Å². The van der Waals surface area contributed by atoms with E-state index >= 15 is 0 Å². The van der Waals surface area contributed by atoms with Gasteiger partial charge in [0.05, 0.1) is 16.6 Å². The van der Waals surface area contributed by atoms with Crippen LogP contribution in [-0.4, -0.2) is 45.8 Å². The number of aryl methyl sites for hydroxylation is 3. The van der Waals surface area contributed by atoms with Crippen molar-refractivity contribution in [3.05, 3.63) is 47.3 Å². The molecule has 0 unspecified atom stereocenters. The molecular formula is C23H29N5O3. The molecule has 0 atom stereocenters. The third-order valence-corrected chi connectivity index (χ3v) is 5.10. The van der Waals surface area contributed by atoms with E-state index in [1.54, 1.807) is 24.7 Å². The predicted octanol–water partition coefficient (Wildman–Crippen LogP) is 3.62. The molecule has 8 heteroatoms. The summed E-state index contributed by atoms with van der Waals surface area (Å²) in [6.07, 6.45) is 0. The van der Waals surface area contributed by atoms with Crippen molar-refractivity contribution in [2.24, 2.45) is 7.05 Å². The lowest BCUT2D eigenvalue weighted by Crippen LogP contribution is -2.30. The molecule has 0 spiro atoms. The quantitative estimate of drug-likeness (QED) is 0.584. The number of nitrogens with zero attached hydrogens (tertiary/aromatic N) is 4. The molecule has 0 aliphatic carbocycles. The van der Waals surface area contributed by atoms with Crippen molar-refractivity contribution in [1.29, 1.82) is 0 Å². The molecule has 3 aromatic rings. The Morgan fingerprint density at radius 1 is 1.19 bits per heavy atom. The molecule has 0 aliphatic heterocycles. The van der Waals surface area contributed by atoms with Crippen molar-refractivity contribution in [2.45, 2.75) is 40.7 Å². The van der Waals surface area contributed by atoms with Crippen LogP contribution in [0.2, 0.25) is 0 Å². The number of anilines is 2. The Morgan fingerprint density at radius 2 is 1.87 bits per heavy atom. The number of nitrogens with one attached hydrogen (secondary N) is 1. The first-order chi connectivity index (χ1) is 14.7. The van der Waals surface area contributed by atoms with Gasteiger partial charge in [-0.1, -0.05) is 0 Å². The minimum absolute atomic E-state index is 0.360. The van der Waals surface area contributed by atoms with Gasteiger partial charge in [-0.05, 0) is 65.0 Å². The maximum absolute atomic E-state index is 12.7. The van der Waals surface area contributed by atoms with Gasteiger partial charge in [-0.25, -0.2) is 9.78 Å². The standard InChI is InChI=1S/C23H29N5O3/c1-7-28(14(2)3)18-10-8-17(9-11-18)25-20(29)13-31-23(30)19-12-15(4)24-22-21(19)16(5)26-27(22)6/h8-12,14H,7,13H2,1-6H3,(H,25,29). The minimum atomic E-state index is -0.576. The average Bonchev–Trinajstić information content (AvgIpc) is 3.00. The van der Waals surface area contributed by atoms with Crippen molar-refractivity contribution in [3.8, 4) is 0 Å². The highest BCUT2D eigenvalue weighted by molar-refractivity contribution is 6.04. The molecule has 2 heterocycles. The van der Waals surface area contributed by atoms with Crippen molar-refractivity contribution in [2.75, 3.05) is 23.4 Å². The Bertz CT molecular complexity index is 1100. The van der Waals surface area contributed by atoms with Gasteiger partial charge in [0.25, 0.3) is 5.91 Å². The van der Waals surface area contributed by atoms with Gasteiger partial charge in [0.1, 0.15) is 0 Å². The molecule has 31 heavy (non-hydrogen) atoms. The van der Waals surface area contributed by atoms with E-state index in [-0.39, 0.29) is 6.61 Å². The lowest BCUT2D eigenvalue weighted by molar-refractivity contribution is -0.119. The fourth-order valence-electron chi connectivity index (χ4n) is 3.72. The van der Waals surface area contributed by atoms with E-state index in [0.29, 0.717) is 39.7 Å². The summed E-state index contributed by atoms with van der Waals surface area (Å²) < 4.78 is 6.90. The second kappa shape index (κ2) is 9.16. The SMILES string of the molecule is CCN(c1ccc(NC(=O)COC(=O)c2cc(C)nc3c2c(C)nn3C)cc1)C(C)C. The number of pyridine rings is 1. The van der Waals surface area contributed by atoms with Gasteiger partial charge >= 0.3 is 5.97 Å². The Labute approximate surface area is 182 Å². The number of ether oxygens (including phenoxy) is 1. The second-order valence-electron chi connectivity index (χ2n) is 7.77. The van der Waals surface area contributed by atoms with Crippen LogP contribution in [0.25, 0.3) is 11.0 Å². The van der Waals surface area contributed by atoms with Crippen LogP contribution in [0.4, 0.5) is 11.4 Å². The predicted molar refractivity (Wildman–Crippen MR) is 121 cm³/mol. The summed E-state index contributed by atoms with van der Waals surface area (Å²) in [7, 11) is 1.77. The Balaban J connectivity index is 1.65. The maximum atomic E-state index is 12.7. The van der Waals surface area contributed by atoms with Gasteiger partial charge in [0.15, 0.2) is 12.3 Å². The van der Waals surface area contributed by atoms with Gasteiger partial charge < -0.3 is 15.0 Å². The highest BCUT2D eigenvalue weighted by Crippen LogP contribution is 2.23. The number of benzene rings is 1. The van der Waals surface area contributed by atoms with E-state index in [2.05, 4.69) is 41.1 Å². The largest absolute Gasteiger partial charge is 0.452 e. The van der Waals surface area contributed by atoms with Crippen LogP contribution in [0.1, 0.15) is 42.5 Å². The Hall–Kier alpha value is -3.42. The summed E-state index contributed by atoms with van der Waals surface area (Å²) in [6.45, 7) is 10.5. The van der Waals surface area contributed by atoms with Crippen molar-refractivity contribution in [3.63, 3.8) is 0 Å². The summed E-state index contributed by atoms with van der Waals surface area (Å²) in [4.78, 5) is 31.7. The van der Waals surface area contributed by atoms with Crippen LogP contribution < -0.4 is 10.2 Å². The van der Waals surface area contributed by atoms with E-state index in [1.807, 2.05) is 31.2 Å². The second-order valence-corrected chi connectivity index (χ2v) is 7.77. The lowest BCUT2D eigenvalue weighted by Gasteiger charge is -2.27. The molecule has 3 rings (SSSR count). The van der Waals surface area contributed by atoms with Gasteiger partial charge in [-0.2, -0.15) is 5.10 Å². The summed E-state index contributed by atoms with van der Waals surface area (Å²) in [5, 5.41) is 7.73. The number of rotatable bonds is 7. The first-order valence-corrected chi connectivity index (χ1v) is 10.4. The third kappa shape index (κ3) is 4.84. The van der Waals surface area contributed by atoms with Crippen LogP contribution in [0.5, 0.6) is 0 Å². The van der Waals surface area contributed by atoms with Crippen LogP contribution in [-0.2, 0) is 16.6 Å². The zero-order valence-electron chi connectivity index (χ0n) is 18.9. The Kier molecular flexibility index (Phi) is 6.58. The highest BCUT2D eigenvalue weighted by atomic mass is 16.5. The van der Waals surface area contributed by atoms with Crippen LogP contribution in [0.3, 0.4) is 0 Å². The monoisotopic (exact) mass is 423 g/mol. The zero-order valence-corrected chi connectivity index (χ0v) is 18.9. The number of fused-ring (bicyclic) bond motifs is 1. The number of carbonyl (C=O) groups is 2. The molecule has 0 fully saturated rings.